The first-order chi connectivity index (χ1) is 4.22. The van der Waals surface area contributed by atoms with Crippen LogP contribution in [0.4, 0.5) is 0 Å². The van der Waals surface area contributed by atoms with Crippen LogP contribution in [0.1, 0.15) is 26.7 Å². The van der Waals surface area contributed by atoms with Gasteiger partial charge in [-0.15, -0.1) is 0 Å². The van der Waals surface area contributed by atoms with Crippen molar-refractivity contribution in [3.8, 4) is 0 Å². The summed E-state index contributed by atoms with van der Waals surface area (Å²) in [6.07, 6.45) is 3.52. The molecule has 52 valence electrons. The van der Waals surface area contributed by atoms with Crippen LogP contribution in [0.3, 0.4) is 0 Å². The van der Waals surface area contributed by atoms with Crippen LogP contribution in [0.25, 0.3) is 0 Å². The molecule has 0 aliphatic rings. The molecule has 9 heavy (non-hydrogen) atoms. The van der Waals surface area contributed by atoms with E-state index in [-0.39, 0.29) is 5.78 Å². The number of carbonyl (C=O) groups is 1. The van der Waals surface area contributed by atoms with Gasteiger partial charge in [-0.1, -0.05) is 19.9 Å². The van der Waals surface area contributed by atoms with Gasteiger partial charge < -0.3 is 0 Å². The van der Waals surface area contributed by atoms with Crippen LogP contribution < -0.4 is 0 Å². The fourth-order valence-corrected chi connectivity index (χ4v) is 1.28. The highest BCUT2D eigenvalue weighted by molar-refractivity contribution is 14.1. The van der Waals surface area contributed by atoms with Crippen LogP contribution in [0.2, 0.25) is 0 Å². The molecule has 0 aliphatic carbocycles. The maximum atomic E-state index is 10.8. The van der Waals surface area contributed by atoms with Gasteiger partial charge in [-0.3, -0.25) is 4.79 Å². The molecule has 0 spiro atoms. The highest BCUT2D eigenvalue weighted by atomic mass is 127. The number of allylic oxidation sites excluding steroid dienone is 2. The molecule has 0 rings (SSSR count). The summed E-state index contributed by atoms with van der Waals surface area (Å²) in [5.41, 5.74) is 0. The zero-order valence-electron chi connectivity index (χ0n) is 5.78. The highest BCUT2D eigenvalue weighted by Gasteiger charge is 1.99. The van der Waals surface area contributed by atoms with Gasteiger partial charge in [0.1, 0.15) is 0 Å². The molecule has 0 aromatic carbocycles. The third-order valence-electron chi connectivity index (χ3n) is 0.971. The molecule has 0 aromatic rings. The Kier molecular flexibility index (Phi) is 5.04. The number of carbonyl (C=O) groups excluding carboxylic acids is 1. The van der Waals surface area contributed by atoms with Crippen LogP contribution in [0, 0.1) is 0 Å². The SMILES string of the molecule is CCC=C(I)C(=O)CC. The fourth-order valence-electron chi connectivity index (χ4n) is 0.462. The maximum absolute atomic E-state index is 10.8. The van der Waals surface area contributed by atoms with Crippen molar-refractivity contribution in [3.05, 3.63) is 9.66 Å². The third-order valence-corrected chi connectivity index (χ3v) is 2.01. The second kappa shape index (κ2) is 4.97. The van der Waals surface area contributed by atoms with Crippen LogP contribution in [0.15, 0.2) is 9.66 Å². The first kappa shape index (κ1) is 9.14. The predicted molar refractivity (Wildman–Crippen MR) is 47.7 cm³/mol. The molecule has 0 saturated heterocycles. The highest BCUT2D eigenvalue weighted by Crippen LogP contribution is 2.09. The van der Waals surface area contributed by atoms with Gasteiger partial charge in [-0.2, -0.15) is 0 Å². The Morgan fingerprint density at radius 3 is 2.44 bits per heavy atom. The lowest BCUT2D eigenvalue weighted by molar-refractivity contribution is -0.114. The van der Waals surface area contributed by atoms with E-state index in [0.717, 1.165) is 10.0 Å². The number of hydrogen-bond donors (Lipinski definition) is 0. The Morgan fingerprint density at radius 1 is 1.56 bits per heavy atom. The first-order valence-electron chi connectivity index (χ1n) is 3.11. The summed E-state index contributed by atoms with van der Waals surface area (Å²) < 4.78 is 0.873. The molecule has 0 heterocycles. The molecular formula is C7H11IO. The third kappa shape index (κ3) is 3.67. The Hall–Kier alpha value is 0.140. The van der Waals surface area contributed by atoms with Crippen LogP contribution >= 0.6 is 22.6 Å². The molecule has 1 nitrogen and oxygen atoms in total. The van der Waals surface area contributed by atoms with Gasteiger partial charge in [-0.05, 0) is 29.0 Å². The van der Waals surface area contributed by atoms with Gasteiger partial charge in [0.15, 0.2) is 5.78 Å². The Labute approximate surface area is 69.7 Å². The van der Waals surface area contributed by atoms with Crippen molar-refractivity contribution in [3.63, 3.8) is 0 Å². The van der Waals surface area contributed by atoms with Crippen molar-refractivity contribution in [1.29, 1.82) is 0 Å². The largest absolute Gasteiger partial charge is 0.294 e. The topological polar surface area (TPSA) is 17.1 Å². The molecule has 0 radical (unpaired) electrons. The Morgan fingerprint density at radius 2 is 2.11 bits per heavy atom. The zero-order valence-corrected chi connectivity index (χ0v) is 7.94. The summed E-state index contributed by atoms with van der Waals surface area (Å²) >= 11 is 2.08. The van der Waals surface area contributed by atoms with Gasteiger partial charge in [-0.25, -0.2) is 0 Å². The van der Waals surface area contributed by atoms with Crippen molar-refractivity contribution in [2.45, 2.75) is 26.7 Å². The molecule has 0 atom stereocenters. The molecule has 0 saturated carbocycles. The minimum Gasteiger partial charge on any atom is -0.294 e. The van der Waals surface area contributed by atoms with Crippen LogP contribution in [0.5, 0.6) is 0 Å². The van der Waals surface area contributed by atoms with Gasteiger partial charge >= 0.3 is 0 Å². The van der Waals surface area contributed by atoms with E-state index in [9.17, 15) is 4.79 Å². The summed E-state index contributed by atoms with van der Waals surface area (Å²) in [5.74, 6) is 0.248. The molecule has 2 heteroatoms. The van der Waals surface area contributed by atoms with Crippen molar-refractivity contribution in [2.24, 2.45) is 0 Å². The van der Waals surface area contributed by atoms with Gasteiger partial charge in [0.2, 0.25) is 0 Å². The molecule has 0 fully saturated rings. The second-order valence-electron chi connectivity index (χ2n) is 1.74. The number of ketones is 1. The average molecular weight is 238 g/mol. The van der Waals surface area contributed by atoms with E-state index in [4.69, 9.17) is 0 Å². The molecule has 0 unspecified atom stereocenters. The van der Waals surface area contributed by atoms with Gasteiger partial charge in [0.25, 0.3) is 0 Å². The monoisotopic (exact) mass is 238 g/mol. The number of halogens is 1. The molecular weight excluding hydrogens is 227 g/mol. The van der Waals surface area contributed by atoms with E-state index in [1.54, 1.807) is 0 Å². The quantitative estimate of drug-likeness (QED) is 0.545. The van der Waals surface area contributed by atoms with Crippen molar-refractivity contribution in [2.75, 3.05) is 0 Å². The fraction of sp³-hybridized carbons (Fsp3) is 0.571. The summed E-state index contributed by atoms with van der Waals surface area (Å²) in [7, 11) is 0. The van der Waals surface area contributed by atoms with E-state index in [0.29, 0.717) is 6.42 Å². The minimum atomic E-state index is 0.248. The average Bonchev–Trinajstić information content (AvgIpc) is 1.87. The number of Topliss-reactive ketones (excluding diaryl/α,β-unsaturated/α-hetero) is 1. The van der Waals surface area contributed by atoms with Crippen LogP contribution in [-0.4, -0.2) is 5.78 Å². The normalized spacial score (nSPS) is 11.7. The van der Waals surface area contributed by atoms with E-state index < -0.39 is 0 Å². The summed E-state index contributed by atoms with van der Waals surface area (Å²) in [6.45, 7) is 3.91. The van der Waals surface area contributed by atoms with Crippen molar-refractivity contribution in [1.82, 2.24) is 0 Å². The lowest BCUT2D eigenvalue weighted by atomic mass is 10.3. The van der Waals surface area contributed by atoms with Gasteiger partial charge in [0, 0.05) is 6.42 Å². The maximum Gasteiger partial charge on any atom is 0.168 e. The van der Waals surface area contributed by atoms with Crippen molar-refractivity contribution < 1.29 is 4.79 Å². The second-order valence-corrected chi connectivity index (χ2v) is 2.90. The summed E-state index contributed by atoms with van der Waals surface area (Å²) in [5, 5.41) is 0. The standard InChI is InChI=1S/C7H11IO/c1-3-5-6(8)7(9)4-2/h5H,3-4H2,1-2H3. The van der Waals surface area contributed by atoms with Crippen molar-refractivity contribution >= 4 is 28.4 Å². The van der Waals surface area contributed by atoms with E-state index in [1.807, 2.05) is 19.9 Å². The van der Waals surface area contributed by atoms with Crippen LogP contribution in [-0.2, 0) is 4.79 Å². The first-order valence-corrected chi connectivity index (χ1v) is 4.19. The molecule has 0 bridgehead atoms. The molecule has 0 aromatic heterocycles. The van der Waals surface area contributed by atoms with E-state index in [2.05, 4.69) is 22.6 Å². The number of hydrogen-bond acceptors (Lipinski definition) is 1. The minimum absolute atomic E-state index is 0.248. The summed E-state index contributed by atoms with van der Waals surface area (Å²) in [6, 6.07) is 0. The lowest BCUT2D eigenvalue weighted by Gasteiger charge is -1.91. The molecule has 0 amide bonds. The Balaban J connectivity index is 3.86. The summed E-state index contributed by atoms with van der Waals surface area (Å²) in [4.78, 5) is 10.8. The smallest absolute Gasteiger partial charge is 0.168 e. The number of rotatable bonds is 3. The van der Waals surface area contributed by atoms with E-state index >= 15 is 0 Å². The predicted octanol–water partition coefficient (Wildman–Crippen LogP) is 2.69. The molecule has 0 N–H and O–H groups in total. The Bertz CT molecular complexity index is 127. The van der Waals surface area contributed by atoms with E-state index in [1.165, 1.54) is 0 Å². The lowest BCUT2D eigenvalue weighted by Crippen LogP contribution is -1.92. The zero-order chi connectivity index (χ0) is 7.28. The van der Waals surface area contributed by atoms with Gasteiger partial charge in [0.05, 0.1) is 3.58 Å². The molecule has 0 aliphatic heterocycles.